The third-order valence-corrected chi connectivity index (χ3v) is 8.95. The van der Waals surface area contributed by atoms with Crippen LogP contribution in [0, 0.1) is 11.8 Å². The van der Waals surface area contributed by atoms with Gasteiger partial charge in [-0.3, -0.25) is 9.48 Å². The second kappa shape index (κ2) is 11.7. The fourth-order valence-electron chi connectivity index (χ4n) is 6.04. The first kappa shape index (κ1) is 29.2. The van der Waals surface area contributed by atoms with Crippen molar-refractivity contribution in [2.24, 2.45) is 11.8 Å². The molecule has 10 heteroatoms. The molecule has 0 aliphatic heterocycles. The highest BCUT2D eigenvalue weighted by atomic mass is 16.3. The number of nitrogens with one attached hydrogen (secondary N) is 2. The van der Waals surface area contributed by atoms with Crippen LogP contribution in [0.2, 0.25) is 0 Å². The fraction of sp³-hybridized carbons (Fsp3) is 0.400. The largest absolute Gasteiger partial charge is 0.444 e. The van der Waals surface area contributed by atoms with Crippen molar-refractivity contribution in [1.29, 1.82) is 0 Å². The summed E-state index contributed by atoms with van der Waals surface area (Å²) in [7, 11) is 0. The van der Waals surface area contributed by atoms with E-state index in [2.05, 4.69) is 43.4 Å². The molecule has 0 bridgehead atoms. The molecule has 0 atom stereocenters. The van der Waals surface area contributed by atoms with Gasteiger partial charge >= 0.3 is 0 Å². The summed E-state index contributed by atoms with van der Waals surface area (Å²) in [4.78, 5) is 27.2. The molecule has 1 amide bonds. The summed E-state index contributed by atoms with van der Waals surface area (Å²) in [6.07, 6.45) is 12.5. The molecule has 0 spiro atoms. The van der Waals surface area contributed by atoms with Gasteiger partial charge in [0.2, 0.25) is 5.89 Å². The number of carbonyl (C=O) groups is 1. The third-order valence-electron chi connectivity index (χ3n) is 8.95. The third kappa shape index (κ3) is 6.47. The molecule has 10 nitrogen and oxygen atoms in total. The van der Waals surface area contributed by atoms with Crippen molar-refractivity contribution in [2.75, 3.05) is 17.2 Å². The van der Waals surface area contributed by atoms with Crippen molar-refractivity contribution < 1.29 is 14.3 Å². The number of hydrogen-bond acceptors (Lipinski definition) is 8. The summed E-state index contributed by atoms with van der Waals surface area (Å²) in [6.45, 7) is 6.64. The van der Waals surface area contributed by atoms with E-state index in [1.165, 1.54) is 25.7 Å². The molecule has 0 unspecified atom stereocenters. The lowest BCUT2D eigenvalue weighted by Gasteiger charge is -2.26. The molecule has 3 N–H and O–H groups in total. The molecule has 2 aliphatic carbocycles. The number of rotatable bonds is 9. The molecule has 0 saturated heterocycles. The van der Waals surface area contributed by atoms with E-state index >= 15 is 0 Å². The maximum absolute atomic E-state index is 13.5. The molecule has 5 aromatic rings. The van der Waals surface area contributed by atoms with Gasteiger partial charge in [-0.15, -0.1) is 0 Å². The maximum atomic E-state index is 13.5. The summed E-state index contributed by atoms with van der Waals surface area (Å²) in [5.41, 5.74) is 2.77. The zero-order valence-corrected chi connectivity index (χ0v) is 26.0. The molecule has 0 radical (unpaired) electrons. The minimum Gasteiger partial charge on any atom is -0.444 e. The summed E-state index contributed by atoms with van der Waals surface area (Å²) in [5.74, 6) is 2.33. The van der Waals surface area contributed by atoms with E-state index in [9.17, 15) is 9.90 Å². The zero-order chi connectivity index (χ0) is 31.1. The van der Waals surface area contributed by atoms with Gasteiger partial charge in [-0.05, 0) is 101 Å². The summed E-state index contributed by atoms with van der Waals surface area (Å²) in [6, 6.07) is 13.1. The van der Waals surface area contributed by atoms with Crippen LogP contribution in [0.25, 0.3) is 33.7 Å². The van der Waals surface area contributed by atoms with Crippen molar-refractivity contribution in [3.63, 3.8) is 0 Å². The Morgan fingerprint density at radius 3 is 2.64 bits per heavy atom. The topological polar surface area (TPSA) is 131 Å². The summed E-state index contributed by atoms with van der Waals surface area (Å²) >= 11 is 0. The van der Waals surface area contributed by atoms with Gasteiger partial charge in [0.15, 0.2) is 0 Å². The van der Waals surface area contributed by atoms with Crippen LogP contribution in [-0.4, -0.2) is 42.3 Å². The van der Waals surface area contributed by atoms with Crippen LogP contribution in [0.5, 0.6) is 0 Å². The van der Waals surface area contributed by atoms with Gasteiger partial charge in [-0.25, -0.2) is 15.0 Å². The van der Waals surface area contributed by atoms with Crippen LogP contribution in [0.4, 0.5) is 11.5 Å². The van der Waals surface area contributed by atoms with E-state index in [0.29, 0.717) is 34.6 Å². The second-order valence-electron chi connectivity index (χ2n) is 13.2. The lowest BCUT2D eigenvalue weighted by Crippen LogP contribution is -2.21. The SMILES string of the molecule is CC1CCC(n2cc3cc(NC(=O)c4cccc(-c5coc(-c6ccnc(NCC7CC7)c6)n5)n4)c(C(C)(C)O)cc3n2)CC1. The predicted molar refractivity (Wildman–Crippen MR) is 174 cm³/mol. The number of aromatic nitrogens is 5. The first-order chi connectivity index (χ1) is 21.7. The van der Waals surface area contributed by atoms with Crippen molar-refractivity contribution in [3.8, 4) is 22.8 Å². The Morgan fingerprint density at radius 2 is 1.87 bits per heavy atom. The standard InChI is InChI=1S/C35H39N7O3/c1-21-7-11-25(12-8-21)42-19-24-15-30(26(35(2,3)44)17-29(24)41-42)39-33(43)28-6-4-5-27(38-28)31-20-45-34(40-31)23-13-14-36-32(16-23)37-18-22-9-10-22/h4-6,13-17,19-22,25,44H,7-12,18H2,1-3H3,(H,36,37)(H,39,43). The average molecular weight is 606 g/mol. The average Bonchev–Trinajstić information content (AvgIpc) is 3.56. The minimum absolute atomic E-state index is 0.223. The van der Waals surface area contributed by atoms with Gasteiger partial charge in [-0.2, -0.15) is 5.10 Å². The Bertz CT molecular complexity index is 1840. The molecular weight excluding hydrogens is 566 g/mol. The Hall–Kier alpha value is -4.57. The first-order valence-corrected chi connectivity index (χ1v) is 15.9. The van der Waals surface area contributed by atoms with E-state index in [1.807, 2.05) is 24.3 Å². The number of nitrogens with zero attached hydrogens (tertiary/aromatic N) is 5. The van der Waals surface area contributed by atoms with Crippen LogP contribution in [0.15, 0.2) is 65.5 Å². The smallest absolute Gasteiger partial charge is 0.274 e. The van der Waals surface area contributed by atoms with E-state index < -0.39 is 5.60 Å². The normalized spacial score (nSPS) is 18.7. The highest BCUT2D eigenvalue weighted by Gasteiger charge is 2.26. The predicted octanol–water partition coefficient (Wildman–Crippen LogP) is 7.20. The van der Waals surface area contributed by atoms with Crippen LogP contribution in [-0.2, 0) is 5.60 Å². The van der Waals surface area contributed by atoms with Gasteiger partial charge < -0.3 is 20.2 Å². The van der Waals surface area contributed by atoms with Crippen LogP contribution in [0.1, 0.15) is 81.4 Å². The Kier molecular flexibility index (Phi) is 7.61. The number of amides is 1. The Morgan fingerprint density at radius 1 is 1.04 bits per heavy atom. The molecule has 2 fully saturated rings. The second-order valence-corrected chi connectivity index (χ2v) is 13.2. The molecular formula is C35H39N7O3. The van der Waals surface area contributed by atoms with E-state index in [0.717, 1.165) is 53.5 Å². The number of benzene rings is 1. The molecule has 2 aliphatic rings. The van der Waals surface area contributed by atoms with E-state index in [-0.39, 0.29) is 11.6 Å². The van der Waals surface area contributed by atoms with Crippen LogP contribution in [0.3, 0.4) is 0 Å². The number of carbonyl (C=O) groups excluding carboxylic acids is 1. The molecule has 2 saturated carbocycles. The number of aliphatic hydroxyl groups is 1. The Labute approximate surface area is 262 Å². The lowest BCUT2D eigenvalue weighted by molar-refractivity contribution is 0.0793. The van der Waals surface area contributed by atoms with E-state index in [1.54, 1.807) is 44.5 Å². The monoisotopic (exact) mass is 605 g/mol. The minimum atomic E-state index is -1.20. The van der Waals surface area contributed by atoms with Gasteiger partial charge in [-0.1, -0.05) is 13.0 Å². The lowest BCUT2D eigenvalue weighted by atomic mass is 9.87. The van der Waals surface area contributed by atoms with Gasteiger partial charge in [0.1, 0.15) is 23.5 Å². The molecule has 1 aromatic carbocycles. The van der Waals surface area contributed by atoms with E-state index in [4.69, 9.17) is 9.52 Å². The number of pyridine rings is 2. The number of fused-ring (bicyclic) bond motifs is 1. The molecule has 45 heavy (non-hydrogen) atoms. The van der Waals surface area contributed by atoms with Gasteiger partial charge in [0, 0.05) is 41.1 Å². The first-order valence-electron chi connectivity index (χ1n) is 15.9. The number of hydrogen-bond donors (Lipinski definition) is 3. The zero-order valence-electron chi connectivity index (χ0n) is 26.0. The van der Waals surface area contributed by atoms with Gasteiger partial charge in [0.05, 0.1) is 22.9 Å². The highest BCUT2D eigenvalue weighted by molar-refractivity contribution is 6.04. The highest BCUT2D eigenvalue weighted by Crippen LogP contribution is 2.36. The van der Waals surface area contributed by atoms with Crippen molar-refractivity contribution in [3.05, 3.63) is 72.4 Å². The molecule has 232 valence electrons. The van der Waals surface area contributed by atoms with Crippen molar-refractivity contribution in [1.82, 2.24) is 24.7 Å². The summed E-state index contributed by atoms with van der Waals surface area (Å²) in [5, 5.41) is 23.2. The van der Waals surface area contributed by atoms with Gasteiger partial charge in [0.25, 0.3) is 5.91 Å². The molecule has 4 aromatic heterocycles. The molecule has 7 rings (SSSR count). The van der Waals surface area contributed by atoms with Crippen molar-refractivity contribution in [2.45, 2.75) is 70.9 Å². The van der Waals surface area contributed by atoms with Crippen molar-refractivity contribution >= 4 is 28.3 Å². The van der Waals surface area contributed by atoms with Crippen LogP contribution < -0.4 is 10.6 Å². The Balaban J connectivity index is 1.11. The number of anilines is 2. The molecule has 4 heterocycles. The quantitative estimate of drug-likeness (QED) is 0.161. The number of oxazole rings is 1. The maximum Gasteiger partial charge on any atom is 0.274 e. The summed E-state index contributed by atoms with van der Waals surface area (Å²) < 4.78 is 7.86. The fourth-order valence-corrected chi connectivity index (χ4v) is 6.04. The van der Waals surface area contributed by atoms with Crippen LogP contribution >= 0.6 is 0 Å².